The van der Waals surface area contributed by atoms with E-state index in [1.54, 1.807) is 24.4 Å². The van der Waals surface area contributed by atoms with Gasteiger partial charge in [0, 0.05) is 23.7 Å². The number of aryl methyl sites for hydroxylation is 1. The van der Waals surface area contributed by atoms with Crippen LogP contribution in [-0.4, -0.2) is 14.9 Å². The third-order valence-corrected chi connectivity index (χ3v) is 3.06. The second-order valence-corrected chi connectivity index (χ2v) is 4.67. The van der Waals surface area contributed by atoms with Crippen LogP contribution in [0.15, 0.2) is 48.7 Å². The van der Waals surface area contributed by atoms with Crippen LogP contribution in [0.1, 0.15) is 5.56 Å². The molecule has 104 valence electrons. The number of hydrogen-bond acceptors (Lipinski definition) is 5. The number of nitro benzene ring substituents is 1. The summed E-state index contributed by atoms with van der Waals surface area (Å²) in [6, 6.07) is 12.0. The van der Waals surface area contributed by atoms with E-state index in [1.165, 1.54) is 12.1 Å². The summed E-state index contributed by atoms with van der Waals surface area (Å²) in [4.78, 5) is 19.0. The van der Waals surface area contributed by atoms with Gasteiger partial charge in [0.05, 0.1) is 10.4 Å². The molecule has 2 aromatic heterocycles. The van der Waals surface area contributed by atoms with E-state index in [1.807, 2.05) is 19.1 Å². The summed E-state index contributed by atoms with van der Waals surface area (Å²) in [5.41, 5.74) is 1.85. The van der Waals surface area contributed by atoms with Crippen LogP contribution in [0.4, 0.5) is 17.3 Å². The van der Waals surface area contributed by atoms with E-state index in [0.29, 0.717) is 17.2 Å². The van der Waals surface area contributed by atoms with Crippen molar-refractivity contribution in [2.24, 2.45) is 0 Å². The number of nitrogens with zero attached hydrogens (tertiary/aromatic N) is 3. The van der Waals surface area contributed by atoms with E-state index in [-0.39, 0.29) is 5.69 Å². The molecule has 0 saturated heterocycles. The van der Waals surface area contributed by atoms with E-state index < -0.39 is 4.92 Å². The maximum atomic E-state index is 10.7. The number of hydrogen-bond donors (Lipinski definition) is 1. The molecule has 0 unspecified atom stereocenters. The Morgan fingerprint density at radius 1 is 1.10 bits per heavy atom. The molecule has 0 aliphatic carbocycles. The summed E-state index contributed by atoms with van der Waals surface area (Å²) in [5.74, 6) is 1.36. The predicted molar refractivity (Wildman–Crippen MR) is 80.7 cm³/mol. The van der Waals surface area contributed by atoms with Gasteiger partial charge in [-0.15, -0.1) is 0 Å². The number of benzene rings is 1. The van der Waals surface area contributed by atoms with Crippen LogP contribution in [0, 0.1) is 17.0 Å². The largest absolute Gasteiger partial charge is 0.325 e. The molecule has 0 aliphatic rings. The second kappa shape index (κ2) is 5.16. The number of fused-ring (bicyclic) bond motifs is 1. The number of rotatable bonds is 3. The molecule has 0 spiro atoms. The van der Waals surface area contributed by atoms with Gasteiger partial charge in [0.2, 0.25) is 0 Å². The zero-order valence-electron chi connectivity index (χ0n) is 11.3. The van der Waals surface area contributed by atoms with Crippen LogP contribution in [0.2, 0.25) is 0 Å². The average molecular weight is 280 g/mol. The summed E-state index contributed by atoms with van der Waals surface area (Å²) < 4.78 is 0. The average Bonchev–Trinajstić information content (AvgIpc) is 2.46. The summed E-state index contributed by atoms with van der Waals surface area (Å²) in [6.45, 7) is 1.99. The Bertz CT molecular complexity index is 833. The van der Waals surface area contributed by atoms with E-state index in [2.05, 4.69) is 15.3 Å². The molecule has 1 aromatic carbocycles. The molecular formula is C15H12N4O2. The molecule has 2 heterocycles. The fourth-order valence-corrected chi connectivity index (χ4v) is 2.03. The highest BCUT2D eigenvalue weighted by Gasteiger charge is 2.07. The molecule has 3 aromatic rings. The van der Waals surface area contributed by atoms with Crippen molar-refractivity contribution in [2.75, 3.05) is 5.32 Å². The fourth-order valence-electron chi connectivity index (χ4n) is 2.03. The minimum Gasteiger partial charge on any atom is -0.325 e. The van der Waals surface area contributed by atoms with Crippen molar-refractivity contribution in [3.63, 3.8) is 0 Å². The molecule has 0 radical (unpaired) electrons. The van der Waals surface area contributed by atoms with Gasteiger partial charge in [-0.25, -0.2) is 9.97 Å². The van der Waals surface area contributed by atoms with E-state index in [0.717, 1.165) is 10.9 Å². The molecule has 0 bridgehead atoms. The van der Waals surface area contributed by atoms with Crippen LogP contribution in [-0.2, 0) is 0 Å². The third-order valence-electron chi connectivity index (χ3n) is 3.06. The minimum atomic E-state index is -0.414. The summed E-state index contributed by atoms with van der Waals surface area (Å²) in [5, 5.41) is 14.6. The molecule has 6 heteroatoms. The van der Waals surface area contributed by atoms with Crippen molar-refractivity contribution in [3.05, 3.63) is 64.3 Å². The topological polar surface area (TPSA) is 81.0 Å². The quantitative estimate of drug-likeness (QED) is 0.585. The normalized spacial score (nSPS) is 10.5. The lowest BCUT2D eigenvalue weighted by molar-refractivity contribution is -0.384. The van der Waals surface area contributed by atoms with Gasteiger partial charge in [-0.05, 0) is 42.8 Å². The van der Waals surface area contributed by atoms with Gasteiger partial charge in [-0.3, -0.25) is 10.1 Å². The summed E-state index contributed by atoms with van der Waals surface area (Å²) in [6.07, 6.45) is 1.72. The first-order chi connectivity index (χ1) is 10.1. The summed E-state index contributed by atoms with van der Waals surface area (Å²) >= 11 is 0. The predicted octanol–water partition coefficient (Wildman–Crippen LogP) is 3.59. The molecule has 0 saturated carbocycles. The van der Waals surface area contributed by atoms with Crippen LogP contribution in [0.5, 0.6) is 0 Å². The third kappa shape index (κ3) is 2.79. The molecule has 0 aliphatic heterocycles. The maximum absolute atomic E-state index is 10.7. The van der Waals surface area contributed by atoms with E-state index in [9.17, 15) is 10.1 Å². The minimum absolute atomic E-state index is 0.0605. The Labute approximate surface area is 120 Å². The van der Waals surface area contributed by atoms with Crippen molar-refractivity contribution < 1.29 is 4.92 Å². The number of anilines is 2. The van der Waals surface area contributed by atoms with E-state index in [4.69, 9.17) is 0 Å². The number of aromatic nitrogens is 2. The number of non-ortho nitro benzene ring substituents is 1. The zero-order chi connectivity index (χ0) is 14.8. The van der Waals surface area contributed by atoms with Gasteiger partial charge in [0.15, 0.2) is 0 Å². The van der Waals surface area contributed by atoms with Crippen LogP contribution in [0.3, 0.4) is 0 Å². The first kappa shape index (κ1) is 13.0. The fraction of sp³-hybridized carbons (Fsp3) is 0.0667. The van der Waals surface area contributed by atoms with Crippen molar-refractivity contribution in [1.82, 2.24) is 9.97 Å². The second-order valence-electron chi connectivity index (χ2n) is 4.67. The van der Waals surface area contributed by atoms with Gasteiger partial charge >= 0.3 is 0 Å². The molecule has 21 heavy (non-hydrogen) atoms. The Morgan fingerprint density at radius 3 is 2.71 bits per heavy atom. The smallest absolute Gasteiger partial charge is 0.270 e. The monoisotopic (exact) mass is 280 g/mol. The summed E-state index contributed by atoms with van der Waals surface area (Å²) in [7, 11) is 0. The Balaban J connectivity index is 1.94. The Hall–Kier alpha value is -3.02. The lowest BCUT2D eigenvalue weighted by Crippen LogP contribution is -1.96. The van der Waals surface area contributed by atoms with Crippen molar-refractivity contribution in [1.29, 1.82) is 0 Å². The molecule has 6 nitrogen and oxygen atoms in total. The highest BCUT2D eigenvalue weighted by atomic mass is 16.6. The van der Waals surface area contributed by atoms with Crippen molar-refractivity contribution >= 4 is 28.2 Å². The first-order valence-electron chi connectivity index (χ1n) is 6.37. The van der Waals surface area contributed by atoms with Crippen molar-refractivity contribution in [2.45, 2.75) is 6.92 Å². The molecule has 0 amide bonds. The van der Waals surface area contributed by atoms with E-state index >= 15 is 0 Å². The molecule has 0 atom stereocenters. The molecule has 3 rings (SSSR count). The maximum Gasteiger partial charge on any atom is 0.270 e. The van der Waals surface area contributed by atoms with Crippen LogP contribution >= 0.6 is 0 Å². The first-order valence-corrected chi connectivity index (χ1v) is 6.37. The SMILES string of the molecule is Cc1ccnc(Nc2ccc3cc([N+](=O)[O-])ccc3n2)c1. The van der Waals surface area contributed by atoms with Gasteiger partial charge in [-0.2, -0.15) is 0 Å². The standard InChI is InChI=1S/C15H12N4O2/c1-10-6-7-16-15(8-10)18-14-5-2-11-9-12(19(20)21)3-4-13(11)17-14/h2-9H,1H3,(H,16,17,18). The van der Waals surface area contributed by atoms with Gasteiger partial charge < -0.3 is 5.32 Å². The zero-order valence-corrected chi connectivity index (χ0v) is 11.3. The van der Waals surface area contributed by atoms with Crippen LogP contribution < -0.4 is 5.32 Å². The molecular weight excluding hydrogens is 268 g/mol. The van der Waals surface area contributed by atoms with Crippen LogP contribution in [0.25, 0.3) is 10.9 Å². The number of pyridine rings is 2. The van der Waals surface area contributed by atoms with Gasteiger partial charge in [0.25, 0.3) is 5.69 Å². The lowest BCUT2D eigenvalue weighted by Gasteiger charge is -2.06. The number of nitrogens with one attached hydrogen (secondary N) is 1. The van der Waals surface area contributed by atoms with Crippen molar-refractivity contribution in [3.8, 4) is 0 Å². The van der Waals surface area contributed by atoms with Gasteiger partial charge in [-0.1, -0.05) is 0 Å². The lowest BCUT2D eigenvalue weighted by atomic mass is 10.2. The Morgan fingerprint density at radius 2 is 1.95 bits per heavy atom. The Kier molecular flexibility index (Phi) is 3.19. The molecule has 1 N–H and O–H groups in total. The van der Waals surface area contributed by atoms with Gasteiger partial charge in [0.1, 0.15) is 11.6 Å². The highest BCUT2D eigenvalue weighted by Crippen LogP contribution is 2.22. The number of nitro groups is 1. The molecule has 0 fully saturated rings. The highest BCUT2D eigenvalue weighted by molar-refractivity contribution is 5.83.